The topological polar surface area (TPSA) is 78.8 Å². The van der Waals surface area contributed by atoms with Crippen molar-refractivity contribution in [1.29, 1.82) is 0 Å². The number of benzene rings is 1. The highest BCUT2D eigenvalue weighted by molar-refractivity contribution is 5.64. The van der Waals surface area contributed by atoms with E-state index in [0.717, 1.165) is 54.4 Å². The van der Waals surface area contributed by atoms with E-state index in [1.54, 1.807) is 11.0 Å². The predicted octanol–water partition coefficient (Wildman–Crippen LogP) is 3.78. The molecule has 0 radical (unpaired) electrons. The summed E-state index contributed by atoms with van der Waals surface area (Å²) < 4.78 is 40.2. The Bertz CT molecular complexity index is 1220. The maximum absolute atomic E-state index is 12.8. The van der Waals surface area contributed by atoms with E-state index in [2.05, 4.69) is 42.0 Å². The molecule has 0 saturated carbocycles. The molecule has 1 saturated heterocycles. The number of aromatic amines is 1. The van der Waals surface area contributed by atoms with Crippen molar-refractivity contribution in [3.8, 4) is 16.9 Å². The number of rotatable bonds is 5. The van der Waals surface area contributed by atoms with Crippen molar-refractivity contribution in [1.82, 2.24) is 34.8 Å². The monoisotopic (exact) mass is 468 g/mol. The van der Waals surface area contributed by atoms with Crippen LogP contribution in [0.4, 0.5) is 19.0 Å². The number of nitrogens with one attached hydrogen (secondary N) is 1. The third-order valence-corrected chi connectivity index (χ3v) is 6.02. The minimum absolute atomic E-state index is 0.107. The first kappa shape index (κ1) is 22.1. The van der Waals surface area contributed by atoms with Crippen molar-refractivity contribution in [3.63, 3.8) is 0 Å². The molecule has 1 aliphatic rings. The van der Waals surface area contributed by atoms with Crippen molar-refractivity contribution in [2.45, 2.75) is 25.7 Å². The fourth-order valence-corrected chi connectivity index (χ4v) is 4.28. The van der Waals surface area contributed by atoms with E-state index in [4.69, 9.17) is 0 Å². The summed E-state index contributed by atoms with van der Waals surface area (Å²) in [5.41, 5.74) is 3.16. The molecule has 4 heterocycles. The van der Waals surface area contributed by atoms with Crippen molar-refractivity contribution < 1.29 is 13.2 Å². The van der Waals surface area contributed by atoms with Gasteiger partial charge in [-0.05, 0) is 31.2 Å². The third kappa shape index (κ3) is 4.51. The van der Waals surface area contributed by atoms with Gasteiger partial charge in [0.2, 0.25) is 0 Å². The summed E-state index contributed by atoms with van der Waals surface area (Å²) in [5.74, 6) is 0.566. The fourth-order valence-electron chi connectivity index (χ4n) is 4.28. The number of alkyl halides is 3. The van der Waals surface area contributed by atoms with Crippen LogP contribution < -0.4 is 4.90 Å². The second-order valence-corrected chi connectivity index (χ2v) is 8.33. The molecular weight excluding hydrogens is 445 g/mol. The molecule has 11 heteroatoms. The van der Waals surface area contributed by atoms with Gasteiger partial charge >= 0.3 is 6.18 Å². The number of nitrogens with zero attached hydrogens (tertiary/aromatic N) is 7. The maximum atomic E-state index is 12.8. The van der Waals surface area contributed by atoms with Crippen molar-refractivity contribution in [2.24, 2.45) is 0 Å². The van der Waals surface area contributed by atoms with Crippen LogP contribution in [-0.2, 0) is 12.7 Å². The van der Waals surface area contributed by atoms with Crippen LogP contribution >= 0.6 is 0 Å². The Hall–Kier alpha value is -3.73. The zero-order valence-electron chi connectivity index (χ0n) is 18.4. The number of H-pyrrole nitrogens is 1. The first-order chi connectivity index (χ1) is 16.4. The molecule has 4 aromatic rings. The summed E-state index contributed by atoms with van der Waals surface area (Å²) >= 11 is 0. The Morgan fingerprint density at radius 1 is 1.09 bits per heavy atom. The molecule has 1 aromatic carbocycles. The van der Waals surface area contributed by atoms with Gasteiger partial charge in [0.1, 0.15) is 18.5 Å². The van der Waals surface area contributed by atoms with Crippen LogP contribution in [0.3, 0.4) is 0 Å². The van der Waals surface area contributed by atoms with Crippen molar-refractivity contribution in [2.75, 3.05) is 24.5 Å². The van der Waals surface area contributed by atoms with Crippen LogP contribution in [0.25, 0.3) is 16.9 Å². The summed E-state index contributed by atoms with van der Waals surface area (Å²) in [7, 11) is 0. The largest absolute Gasteiger partial charge is 0.417 e. The first-order valence-corrected chi connectivity index (χ1v) is 10.9. The molecule has 3 aromatic heterocycles. The molecule has 0 amide bonds. The standard InChI is InChI=1S/C23H23F3N8/c1-16-12-32(8-9-33(16)21-7-4-19(11-28-21)23(24,25)26)13-18-10-29-31-22(18)17-2-5-20(6-3-17)34-15-27-14-30-34/h2-7,10-11,14-16H,8-9,12-13H2,1H3,(H,29,31). The number of hydrogen-bond acceptors (Lipinski definition) is 6. The van der Waals surface area contributed by atoms with Crippen molar-refractivity contribution in [3.05, 3.63) is 72.6 Å². The molecule has 1 fully saturated rings. The first-order valence-electron chi connectivity index (χ1n) is 10.9. The number of hydrogen-bond donors (Lipinski definition) is 1. The van der Waals surface area contributed by atoms with Gasteiger partial charge in [0.15, 0.2) is 0 Å². The minimum atomic E-state index is -4.38. The Morgan fingerprint density at radius 3 is 2.56 bits per heavy atom. The minimum Gasteiger partial charge on any atom is -0.351 e. The van der Waals surface area contributed by atoms with Crippen LogP contribution in [-0.4, -0.2) is 60.5 Å². The fraction of sp³-hybridized carbons (Fsp3) is 0.304. The SMILES string of the molecule is CC1CN(Cc2c[nH]nc2-c2ccc(-n3cncn3)cc2)CCN1c1ccc(C(F)(F)F)cn1. The lowest BCUT2D eigenvalue weighted by Gasteiger charge is -2.40. The van der Waals surface area contributed by atoms with Gasteiger partial charge in [-0.3, -0.25) is 10.00 Å². The van der Waals surface area contributed by atoms with Gasteiger partial charge in [0.05, 0.1) is 16.9 Å². The highest BCUT2D eigenvalue weighted by Crippen LogP contribution is 2.30. The van der Waals surface area contributed by atoms with Gasteiger partial charge < -0.3 is 4.90 Å². The summed E-state index contributed by atoms with van der Waals surface area (Å²) in [6.07, 6.45) is 1.58. The van der Waals surface area contributed by atoms with Gasteiger partial charge in [0, 0.05) is 55.7 Å². The second kappa shape index (κ2) is 8.90. The van der Waals surface area contributed by atoms with Crippen LogP contribution in [0.5, 0.6) is 0 Å². The van der Waals surface area contributed by atoms with E-state index >= 15 is 0 Å². The number of pyridine rings is 1. The average Bonchev–Trinajstić information content (AvgIpc) is 3.51. The van der Waals surface area contributed by atoms with E-state index in [1.807, 2.05) is 30.5 Å². The number of aromatic nitrogens is 6. The zero-order valence-corrected chi connectivity index (χ0v) is 18.4. The molecule has 1 unspecified atom stereocenters. The highest BCUT2D eigenvalue weighted by Gasteiger charge is 2.32. The number of anilines is 1. The lowest BCUT2D eigenvalue weighted by atomic mass is 10.1. The predicted molar refractivity (Wildman–Crippen MR) is 120 cm³/mol. The van der Waals surface area contributed by atoms with E-state index in [0.29, 0.717) is 12.4 Å². The summed E-state index contributed by atoms with van der Waals surface area (Å²) in [6.45, 7) is 4.99. The van der Waals surface area contributed by atoms with Gasteiger partial charge in [0.25, 0.3) is 0 Å². The zero-order chi connectivity index (χ0) is 23.7. The molecule has 0 bridgehead atoms. The van der Waals surface area contributed by atoms with Crippen LogP contribution in [0.15, 0.2) is 61.4 Å². The Kier molecular flexibility index (Phi) is 5.78. The van der Waals surface area contributed by atoms with E-state index in [9.17, 15) is 13.2 Å². The summed E-state index contributed by atoms with van der Waals surface area (Å²) in [6, 6.07) is 10.6. The molecule has 0 aliphatic carbocycles. The molecule has 34 heavy (non-hydrogen) atoms. The third-order valence-electron chi connectivity index (χ3n) is 6.02. The molecule has 0 spiro atoms. The molecule has 176 valence electrons. The summed E-state index contributed by atoms with van der Waals surface area (Å²) in [5, 5.41) is 11.6. The lowest BCUT2D eigenvalue weighted by molar-refractivity contribution is -0.137. The number of halogens is 3. The van der Waals surface area contributed by atoms with E-state index in [-0.39, 0.29) is 6.04 Å². The molecular formula is C23H23F3N8. The molecule has 1 N–H and O–H groups in total. The van der Waals surface area contributed by atoms with Gasteiger partial charge in [-0.25, -0.2) is 14.6 Å². The molecule has 8 nitrogen and oxygen atoms in total. The van der Waals surface area contributed by atoms with Gasteiger partial charge in [-0.1, -0.05) is 12.1 Å². The smallest absolute Gasteiger partial charge is 0.351 e. The van der Waals surface area contributed by atoms with E-state index < -0.39 is 11.7 Å². The summed E-state index contributed by atoms with van der Waals surface area (Å²) in [4.78, 5) is 12.4. The maximum Gasteiger partial charge on any atom is 0.417 e. The Labute approximate surface area is 194 Å². The van der Waals surface area contributed by atoms with Gasteiger partial charge in [-0.15, -0.1) is 0 Å². The van der Waals surface area contributed by atoms with Crippen LogP contribution in [0, 0.1) is 0 Å². The molecule has 5 rings (SSSR count). The quantitative estimate of drug-likeness (QED) is 0.480. The van der Waals surface area contributed by atoms with E-state index in [1.165, 1.54) is 12.4 Å². The highest BCUT2D eigenvalue weighted by atomic mass is 19.4. The molecule has 1 aliphatic heterocycles. The normalized spacial score (nSPS) is 17.3. The lowest BCUT2D eigenvalue weighted by Crippen LogP contribution is -2.51. The molecule has 1 atom stereocenters. The Morgan fingerprint density at radius 2 is 1.91 bits per heavy atom. The average molecular weight is 468 g/mol. The number of piperazine rings is 1. The van der Waals surface area contributed by atoms with Crippen molar-refractivity contribution >= 4 is 5.82 Å². The second-order valence-electron chi connectivity index (χ2n) is 8.33. The van der Waals surface area contributed by atoms with Gasteiger partial charge in [-0.2, -0.15) is 23.4 Å². The van der Waals surface area contributed by atoms with Crippen LogP contribution in [0.1, 0.15) is 18.1 Å². The van der Waals surface area contributed by atoms with Crippen LogP contribution in [0.2, 0.25) is 0 Å². The Balaban J connectivity index is 1.24.